The Balaban J connectivity index is 4.00. The molecule has 1 unspecified atom stereocenters. The van der Waals surface area contributed by atoms with Crippen LogP contribution in [0.3, 0.4) is 0 Å². The van der Waals surface area contributed by atoms with E-state index in [9.17, 15) is 14.2 Å². The molecule has 1 atom stereocenters. The van der Waals surface area contributed by atoms with E-state index in [0.29, 0.717) is 6.42 Å². The molecule has 9 nitrogen and oxygen atoms in total. The maximum atomic E-state index is 11.7. The molecule has 3 N–H and O–H groups in total. The van der Waals surface area contributed by atoms with Gasteiger partial charge < -0.3 is 24.0 Å². The molecule has 0 aromatic heterocycles. The average molecular weight is 327 g/mol. The normalized spacial score (nSPS) is 14.1. The van der Waals surface area contributed by atoms with Crippen LogP contribution >= 0.6 is 7.75 Å². The highest BCUT2D eigenvalue weighted by molar-refractivity contribution is 7.50. The molecule has 0 heterocycles. The highest BCUT2D eigenvalue weighted by atomic mass is 31.2. The first-order valence-electron chi connectivity index (χ1n) is 6.40. The van der Waals surface area contributed by atoms with Crippen molar-refractivity contribution in [2.75, 3.05) is 26.4 Å². The molecule has 0 spiro atoms. The van der Waals surface area contributed by atoms with Gasteiger partial charge in [0.15, 0.2) is 0 Å². The van der Waals surface area contributed by atoms with Crippen LogP contribution in [-0.4, -0.2) is 48.3 Å². The van der Waals surface area contributed by atoms with Crippen molar-refractivity contribution >= 4 is 19.8 Å². The number of hydrogen-bond donors (Lipinski definition) is 3. The van der Waals surface area contributed by atoms with E-state index in [1.54, 1.807) is 13.8 Å². The second-order valence-electron chi connectivity index (χ2n) is 4.48. The van der Waals surface area contributed by atoms with Crippen molar-refractivity contribution in [3.05, 3.63) is 0 Å². The van der Waals surface area contributed by atoms with Gasteiger partial charge in [-0.1, -0.05) is 6.92 Å². The van der Waals surface area contributed by atoms with Gasteiger partial charge in [0.05, 0.1) is 25.2 Å². The fourth-order valence-corrected chi connectivity index (χ4v) is 1.55. The monoisotopic (exact) mass is 327 g/mol. The van der Waals surface area contributed by atoms with E-state index in [-0.39, 0.29) is 32.4 Å². The van der Waals surface area contributed by atoms with Gasteiger partial charge in [0.2, 0.25) is 0 Å². The molecule has 21 heavy (non-hydrogen) atoms. The van der Waals surface area contributed by atoms with E-state index in [1.807, 2.05) is 6.92 Å². The standard InChI is InChI=1S/C11H22NO8P/c1-4-11(3,9(13)19-5-2)8-18-6-7-20-10(14)12-21(15,16)17/h4-8H2,1-3H3,(H3,12,14,15,16,17). The van der Waals surface area contributed by atoms with E-state index in [2.05, 4.69) is 4.74 Å². The van der Waals surface area contributed by atoms with Gasteiger partial charge in [-0.15, -0.1) is 0 Å². The number of esters is 1. The smallest absolute Gasteiger partial charge is 0.432 e. The Morgan fingerprint density at radius 2 is 1.81 bits per heavy atom. The van der Waals surface area contributed by atoms with Crippen LogP contribution in [0.2, 0.25) is 0 Å². The van der Waals surface area contributed by atoms with Crippen LogP contribution in [0.4, 0.5) is 4.79 Å². The quantitative estimate of drug-likeness (QED) is 0.322. The van der Waals surface area contributed by atoms with Gasteiger partial charge in [0.25, 0.3) is 0 Å². The zero-order valence-electron chi connectivity index (χ0n) is 12.3. The Labute approximate surface area is 123 Å². The van der Waals surface area contributed by atoms with E-state index in [4.69, 9.17) is 19.3 Å². The summed E-state index contributed by atoms with van der Waals surface area (Å²) in [5, 5.41) is 1.35. The summed E-state index contributed by atoms with van der Waals surface area (Å²) in [6, 6.07) is 0. The maximum absolute atomic E-state index is 11.7. The van der Waals surface area contributed by atoms with Crippen molar-refractivity contribution in [3.63, 3.8) is 0 Å². The van der Waals surface area contributed by atoms with Gasteiger partial charge in [-0.05, 0) is 20.3 Å². The van der Waals surface area contributed by atoms with Crippen LogP contribution in [0, 0.1) is 5.41 Å². The summed E-state index contributed by atoms with van der Waals surface area (Å²) in [6.45, 7) is 5.39. The van der Waals surface area contributed by atoms with E-state index in [0.717, 1.165) is 0 Å². The molecule has 0 aromatic carbocycles. The van der Waals surface area contributed by atoms with E-state index in [1.165, 1.54) is 5.09 Å². The third kappa shape index (κ3) is 8.67. The molecule has 0 radical (unpaired) electrons. The fourth-order valence-electron chi connectivity index (χ4n) is 1.25. The molecular formula is C11H22NO8P. The van der Waals surface area contributed by atoms with Crippen molar-refractivity contribution in [2.24, 2.45) is 5.41 Å². The van der Waals surface area contributed by atoms with Gasteiger partial charge in [0.1, 0.15) is 6.61 Å². The molecule has 0 saturated carbocycles. The number of carbonyl (C=O) groups excluding carboxylic acids is 2. The van der Waals surface area contributed by atoms with Crippen molar-refractivity contribution in [2.45, 2.75) is 27.2 Å². The highest BCUT2D eigenvalue weighted by Crippen LogP contribution is 2.27. The molecule has 0 fully saturated rings. The maximum Gasteiger partial charge on any atom is 0.432 e. The second-order valence-corrected chi connectivity index (χ2v) is 5.79. The SMILES string of the molecule is CCOC(=O)C(C)(CC)COCCOC(=O)NP(=O)(O)O. The lowest BCUT2D eigenvalue weighted by molar-refractivity contribution is -0.158. The van der Waals surface area contributed by atoms with Crippen LogP contribution < -0.4 is 5.09 Å². The van der Waals surface area contributed by atoms with Gasteiger partial charge in [-0.3, -0.25) is 4.79 Å². The first-order valence-corrected chi connectivity index (χ1v) is 8.01. The van der Waals surface area contributed by atoms with Gasteiger partial charge >= 0.3 is 19.8 Å². The third-order valence-electron chi connectivity index (χ3n) is 2.67. The molecule has 0 aromatic rings. The van der Waals surface area contributed by atoms with E-state index >= 15 is 0 Å². The molecule has 1 amide bonds. The van der Waals surface area contributed by atoms with Crippen LogP contribution in [0.15, 0.2) is 0 Å². The molecule has 0 bridgehead atoms. The lowest BCUT2D eigenvalue weighted by Crippen LogP contribution is -2.34. The van der Waals surface area contributed by atoms with Gasteiger partial charge in [-0.2, -0.15) is 0 Å². The summed E-state index contributed by atoms with van der Waals surface area (Å²) in [5.41, 5.74) is -0.788. The summed E-state index contributed by atoms with van der Waals surface area (Å²) in [6.07, 6.45) is -0.721. The second kappa shape index (κ2) is 8.99. The first-order chi connectivity index (χ1) is 9.64. The Morgan fingerprint density at radius 1 is 1.19 bits per heavy atom. The van der Waals surface area contributed by atoms with Crippen molar-refractivity contribution in [1.29, 1.82) is 0 Å². The van der Waals surface area contributed by atoms with E-state index < -0.39 is 19.3 Å². The molecule has 10 heteroatoms. The predicted molar refractivity (Wildman–Crippen MR) is 72.4 cm³/mol. The zero-order chi connectivity index (χ0) is 16.5. The van der Waals surface area contributed by atoms with Gasteiger partial charge in [-0.25, -0.2) is 14.4 Å². The minimum Gasteiger partial charge on any atom is -0.466 e. The lowest BCUT2D eigenvalue weighted by Gasteiger charge is -2.25. The Morgan fingerprint density at radius 3 is 2.29 bits per heavy atom. The third-order valence-corrected chi connectivity index (χ3v) is 3.14. The Kier molecular flexibility index (Phi) is 8.50. The number of carbonyl (C=O) groups is 2. The Hall–Kier alpha value is -1.15. The zero-order valence-corrected chi connectivity index (χ0v) is 13.2. The van der Waals surface area contributed by atoms with Crippen molar-refractivity contribution in [1.82, 2.24) is 5.09 Å². The van der Waals surface area contributed by atoms with Crippen LogP contribution in [0.25, 0.3) is 0 Å². The topological polar surface area (TPSA) is 131 Å². The summed E-state index contributed by atoms with van der Waals surface area (Å²) in [4.78, 5) is 39.6. The molecule has 124 valence electrons. The van der Waals surface area contributed by atoms with Crippen molar-refractivity contribution in [3.8, 4) is 0 Å². The summed E-state index contributed by atoms with van der Waals surface area (Å²) in [5.74, 6) is -0.368. The summed E-state index contributed by atoms with van der Waals surface area (Å²) < 4.78 is 25.1. The number of hydrogen-bond acceptors (Lipinski definition) is 6. The van der Waals surface area contributed by atoms with Crippen LogP contribution in [-0.2, 0) is 23.6 Å². The average Bonchev–Trinajstić information content (AvgIpc) is 2.36. The van der Waals surface area contributed by atoms with Crippen LogP contribution in [0.5, 0.6) is 0 Å². The number of nitrogens with one attached hydrogen (secondary N) is 1. The van der Waals surface area contributed by atoms with Crippen LogP contribution in [0.1, 0.15) is 27.2 Å². The van der Waals surface area contributed by atoms with Gasteiger partial charge in [0, 0.05) is 0 Å². The summed E-state index contributed by atoms with van der Waals surface area (Å²) in [7, 11) is -4.66. The molecular weight excluding hydrogens is 305 g/mol. The Bertz CT molecular complexity index is 396. The fraction of sp³-hybridized carbons (Fsp3) is 0.818. The highest BCUT2D eigenvalue weighted by Gasteiger charge is 2.33. The minimum atomic E-state index is -4.66. The molecule has 0 rings (SSSR count). The molecule has 0 aliphatic carbocycles. The molecule has 0 aliphatic heterocycles. The minimum absolute atomic E-state index is 0.0103. The number of ether oxygens (including phenoxy) is 3. The summed E-state index contributed by atoms with van der Waals surface area (Å²) >= 11 is 0. The number of rotatable bonds is 9. The molecule has 0 aliphatic rings. The first kappa shape index (κ1) is 19.9. The largest absolute Gasteiger partial charge is 0.466 e. The lowest BCUT2D eigenvalue weighted by atomic mass is 9.89. The number of amides is 1. The predicted octanol–water partition coefficient (Wildman–Crippen LogP) is 0.801. The molecule has 0 saturated heterocycles. The van der Waals surface area contributed by atoms with Crippen molar-refractivity contribution < 1.29 is 38.2 Å².